The number of carbonyl (C=O) groups excluding carboxylic acids is 1. The number of aliphatic carboxylic acids is 1. The normalized spacial score (nSPS) is 11.8. The van der Waals surface area contributed by atoms with Crippen LogP contribution in [0.4, 0.5) is 5.69 Å². The minimum Gasteiger partial charge on any atom is -0.480 e. The van der Waals surface area contributed by atoms with Crippen LogP contribution in [0.1, 0.15) is 12.0 Å². The predicted octanol–water partition coefficient (Wildman–Crippen LogP) is 1.88. The van der Waals surface area contributed by atoms with Crippen LogP contribution in [-0.2, 0) is 15.3 Å². The molecule has 22 heavy (non-hydrogen) atoms. The van der Waals surface area contributed by atoms with E-state index in [2.05, 4.69) is 17.9 Å². The fourth-order valence-electron chi connectivity index (χ4n) is 1.73. The maximum Gasteiger partial charge on any atom is 0.327 e. The number of thiol groups is 1. The molecule has 7 heteroatoms. The summed E-state index contributed by atoms with van der Waals surface area (Å²) < 4.78 is 0. The zero-order valence-electron chi connectivity index (χ0n) is 12.8. The molecule has 1 rings (SSSR count). The smallest absolute Gasteiger partial charge is 0.327 e. The number of benzene rings is 1. The molecule has 0 saturated heterocycles. The molecular formula is C15H22N2O3S2. The SMILES string of the molecule is CN(C)c1ccc(CSCC(NC(=O)CCS)C(=O)O)cc1. The first-order valence-corrected chi connectivity index (χ1v) is 8.69. The van der Waals surface area contributed by atoms with Crippen LogP contribution >= 0.6 is 24.4 Å². The molecular weight excluding hydrogens is 320 g/mol. The van der Waals surface area contributed by atoms with E-state index in [1.54, 1.807) is 0 Å². The lowest BCUT2D eigenvalue weighted by molar-refractivity contribution is -0.141. The zero-order valence-corrected chi connectivity index (χ0v) is 14.5. The van der Waals surface area contributed by atoms with Gasteiger partial charge in [-0.2, -0.15) is 24.4 Å². The van der Waals surface area contributed by atoms with Crippen LogP contribution < -0.4 is 10.2 Å². The van der Waals surface area contributed by atoms with Gasteiger partial charge < -0.3 is 15.3 Å². The molecule has 5 nitrogen and oxygen atoms in total. The van der Waals surface area contributed by atoms with Gasteiger partial charge in [-0.1, -0.05) is 12.1 Å². The van der Waals surface area contributed by atoms with Gasteiger partial charge >= 0.3 is 5.97 Å². The number of hydrogen-bond donors (Lipinski definition) is 3. The van der Waals surface area contributed by atoms with Gasteiger partial charge in [0.25, 0.3) is 0 Å². The molecule has 0 bridgehead atoms. The van der Waals surface area contributed by atoms with E-state index in [9.17, 15) is 9.59 Å². The maximum absolute atomic E-state index is 11.5. The second kappa shape index (κ2) is 9.63. The molecule has 0 aromatic heterocycles. The van der Waals surface area contributed by atoms with E-state index in [4.69, 9.17) is 5.11 Å². The Bertz CT molecular complexity index is 492. The third-order valence-electron chi connectivity index (χ3n) is 2.98. The Morgan fingerprint density at radius 2 is 1.95 bits per heavy atom. The van der Waals surface area contributed by atoms with Crippen LogP contribution in [0.2, 0.25) is 0 Å². The summed E-state index contributed by atoms with van der Waals surface area (Å²) in [5.74, 6) is 0.160. The molecule has 1 amide bonds. The second-order valence-electron chi connectivity index (χ2n) is 5.01. The highest BCUT2D eigenvalue weighted by Crippen LogP contribution is 2.17. The Morgan fingerprint density at radius 3 is 2.45 bits per heavy atom. The van der Waals surface area contributed by atoms with Crippen molar-refractivity contribution in [2.45, 2.75) is 18.2 Å². The summed E-state index contributed by atoms with van der Waals surface area (Å²) in [6.45, 7) is 0. The first-order valence-electron chi connectivity index (χ1n) is 6.91. The van der Waals surface area contributed by atoms with Crippen molar-refractivity contribution >= 4 is 42.0 Å². The van der Waals surface area contributed by atoms with Crippen molar-refractivity contribution in [3.63, 3.8) is 0 Å². The second-order valence-corrected chi connectivity index (χ2v) is 6.49. The fourth-order valence-corrected chi connectivity index (χ4v) is 2.94. The van der Waals surface area contributed by atoms with Crippen molar-refractivity contribution in [3.8, 4) is 0 Å². The van der Waals surface area contributed by atoms with E-state index in [0.717, 1.165) is 11.3 Å². The number of anilines is 1. The van der Waals surface area contributed by atoms with Gasteiger partial charge in [0.1, 0.15) is 6.04 Å². The zero-order chi connectivity index (χ0) is 16.5. The van der Waals surface area contributed by atoms with Crippen LogP contribution in [0.3, 0.4) is 0 Å². The molecule has 1 atom stereocenters. The number of nitrogens with zero attached hydrogens (tertiary/aromatic N) is 1. The van der Waals surface area contributed by atoms with E-state index in [-0.39, 0.29) is 12.3 Å². The van der Waals surface area contributed by atoms with Crippen molar-refractivity contribution < 1.29 is 14.7 Å². The van der Waals surface area contributed by atoms with Crippen molar-refractivity contribution in [3.05, 3.63) is 29.8 Å². The molecule has 122 valence electrons. The number of carbonyl (C=O) groups is 2. The van der Waals surface area contributed by atoms with Gasteiger partial charge in [-0.25, -0.2) is 4.79 Å². The van der Waals surface area contributed by atoms with E-state index < -0.39 is 12.0 Å². The van der Waals surface area contributed by atoms with Gasteiger partial charge in [-0.05, 0) is 23.4 Å². The summed E-state index contributed by atoms with van der Waals surface area (Å²) in [5.41, 5.74) is 2.25. The summed E-state index contributed by atoms with van der Waals surface area (Å²) >= 11 is 5.45. The molecule has 1 unspecified atom stereocenters. The molecule has 0 fully saturated rings. The van der Waals surface area contributed by atoms with E-state index in [1.165, 1.54) is 11.8 Å². The summed E-state index contributed by atoms with van der Waals surface area (Å²) in [5, 5.41) is 11.6. The molecule has 0 aliphatic rings. The first kappa shape index (κ1) is 18.7. The van der Waals surface area contributed by atoms with Crippen molar-refractivity contribution in [2.75, 3.05) is 30.5 Å². The Balaban J connectivity index is 2.45. The molecule has 0 aliphatic carbocycles. The highest BCUT2D eigenvalue weighted by Gasteiger charge is 2.19. The Kier molecular flexibility index (Phi) is 8.19. The van der Waals surface area contributed by atoms with Gasteiger partial charge in [0, 0.05) is 37.7 Å². The Morgan fingerprint density at radius 1 is 1.32 bits per heavy atom. The standard InChI is InChI=1S/C15H22N2O3S2/c1-17(2)12-5-3-11(4-6-12)9-22-10-13(15(19)20)16-14(18)7-8-21/h3-6,13,21H,7-10H2,1-2H3,(H,16,18)(H,19,20). The molecule has 0 aliphatic heterocycles. The minimum absolute atomic E-state index is 0.226. The maximum atomic E-state index is 11.5. The quantitative estimate of drug-likeness (QED) is 0.598. The largest absolute Gasteiger partial charge is 0.480 e. The number of amides is 1. The van der Waals surface area contributed by atoms with Crippen LogP contribution in [0.25, 0.3) is 0 Å². The van der Waals surface area contributed by atoms with Crippen LogP contribution in [-0.4, -0.2) is 48.6 Å². The summed E-state index contributed by atoms with van der Waals surface area (Å²) in [6.07, 6.45) is 0.226. The minimum atomic E-state index is -1.01. The number of hydrogen-bond acceptors (Lipinski definition) is 5. The first-order chi connectivity index (χ1) is 10.4. The van der Waals surface area contributed by atoms with Gasteiger partial charge in [-0.3, -0.25) is 4.79 Å². The molecule has 1 aromatic carbocycles. The predicted molar refractivity (Wildman–Crippen MR) is 95.0 cm³/mol. The van der Waals surface area contributed by atoms with Gasteiger partial charge in [0.05, 0.1) is 0 Å². The number of thioether (sulfide) groups is 1. The molecule has 0 heterocycles. The van der Waals surface area contributed by atoms with Crippen molar-refractivity contribution in [1.29, 1.82) is 0 Å². The van der Waals surface area contributed by atoms with Crippen molar-refractivity contribution in [1.82, 2.24) is 5.32 Å². The number of rotatable bonds is 9. The van der Waals surface area contributed by atoms with Crippen LogP contribution in [0.5, 0.6) is 0 Å². The average molecular weight is 342 g/mol. The lowest BCUT2D eigenvalue weighted by Crippen LogP contribution is -2.42. The highest BCUT2D eigenvalue weighted by atomic mass is 32.2. The Labute approximate surface area is 140 Å². The lowest BCUT2D eigenvalue weighted by Gasteiger charge is -2.15. The van der Waals surface area contributed by atoms with Crippen LogP contribution in [0.15, 0.2) is 24.3 Å². The summed E-state index contributed by atoms with van der Waals surface area (Å²) in [7, 11) is 3.96. The van der Waals surface area contributed by atoms with E-state index >= 15 is 0 Å². The summed E-state index contributed by atoms with van der Waals surface area (Å²) in [4.78, 5) is 24.6. The number of carboxylic acid groups (broad SMARTS) is 1. The Hall–Kier alpha value is -1.34. The average Bonchev–Trinajstić information content (AvgIpc) is 2.46. The van der Waals surface area contributed by atoms with E-state index in [0.29, 0.717) is 17.3 Å². The van der Waals surface area contributed by atoms with Gasteiger partial charge in [-0.15, -0.1) is 0 Å². The highest BCUT2D eigenvalue weighted by molar-refractivity contribution is 7.98. The topological polar surface area (TPSA) is 69.6 Å². The molecule has 0 saturated carbocycles. The molecule has 2 N–H and O–H groups in total. The van der Waals surface area contributed by atoms with Crippen LogP contribution in [0, 0.1) is 0 Å². The molecule has 1 aromatic rings. The molecule has 0 radical (unpaired) electrons. The summed E-state index contributed by atoms with van der Waals surface area (Å²) in [6, 6.07) is 7.24. The fraction of sp³-hybridized carbons (Fsp3) is 0.467. The monoisotopic (exact) mass is 342 g/mol. The van der Waals surface area contributed by atoms with Crippen molar-refractivity contribution in [2.24, 2.45) is 0 Å². The van der Waals surface area contributed by atoms with E-state index in [1.807, 2.05) is 43.3 Å². The number of nitrogens with one attached hydrogen (secondary N) is 1. The van der Waals surface area contributed by atoms with Gasteiger partial charge in [0.15, 0.2) is 0 Å². The lowest BCUT2D eigenvalue weighted by atomic mass is 10.2. The third kappa shape index (κ3) is 6.62. The number of carboxylic acids is 1. The van der Waals surface area contributed by atoms with Gasteiger partial charge in [0.2, 0.25) is 5.91 Å². The third-order valence-corrected chi connectivity index (χ3v) is 4.31. The molecule has 0 spiro atoms.